The molecule has 3 rings (SSSR count). The molecule has 2 aromatic carbocycles. The Morgan fingerprint density at radius 2 is 1.83 bits per heavy atom. The first-order chi connectivity index (χ1) is 13.6. The summed E-state index contributed by atoms with van der Waals surface area (Å²) in [5.41, 5.74) is -0.472. The number of halogens is 1. The number of nitrogens with zero attached hydrogens (tertiary/aromatic N) is 1. The Morgan fingerprint density at radius 3 is 2.41 bits per heavy atom. The van der Waals surface area contributed by atoms with Crippen LogP contribution in [0.25, 0.3) is 0 Å². The van der Waals surface area contributed by atoms with Crippen molar-refractivity contribution in [3.05, 3.63) is 59.9 Å². The second kappa shape index (κ2) is 8.10. The van der Waals surface area contributed by atoms with Crippen LogP contribution in [-0.2, 0) is 21.4 Å². The van der Waals surface area contributed by atoms with Gasteiger partial charge in [-0.05, 0) is 55.3 Å². The Kier molecular flexibility index (Phi) is 5.92. The molecule has 2 unspecified atom stereocenters. The summed E-state index contributed by atoms with van der Waals surface area (Å²) in [6.45, 7) is 1.60. The highest BCUT2D eigenvalue weighted by molar-refractivity contribution is 7.89. The Balaban J connectivity index is 1.73. The number of aliphatic carboxylic acids is 1. The van der Waals surface area contributed by atoms with Gasteiger partial charge in [-0.3, -0.25) is 4.79 Å². The average molecular weight is 423 g/mol. The molecule has 1 aliphatic heterocycles. The molecule has 156 valence electrons. The first-order valence-electron chi connectivity index (χ1n) is 9.03. The third-order valence-corrected chi connectivity index (χ3v) is 6.81. The lowest BCUT2D eigenvalue weighted by molar-refractivity contribution is -0.146. The number of carboxylic acid groups (broad SMARTS) is 1. The molecule has 2 aromatic rings. The van der Waals surface area contributed by atoms with Gasteiger partial charge in [0.1, 0.15) is 24.2 Å². The van der Waals surface area contributed by atoms with E-state index in [1.165, 1.54) is 43.3 Å². The number of rotatable bonds is 6. The molecule has 0 radical (unpaired) electrons. The Hall–Kier alpha value is -2.49. The Morgan fingerprint density at radius 1 is 1.21 bits per heavy atom. The van der Waals surface area contributed by atoms with Crippen LogP contribution >= 0.6 is 0 Å². The second-order valence-electron chi connectivity index (χ2n) is 7.31. The average Bonchev–Trinajstić information content (AvgIpc) is 2.67. The lowest BCUT2D eigenvalue weighted by atomic mass is 9.90. The fraction of sp³-hybridized carbons (Fsp3) is 0.350. The minimum atomic E-state index is -4.05. The number of hydrogen-bond donors (Lipinski definition) is 2. The predicted octanol–water partition coefficient (Wildman–Crippen LogP) is 2.39. The minimum absolute atomic E-state index is 0.0561. The first-order valence-corrected chi connectivity index (χ1v) is 10.5. The summed E-state index contributed by atoms with van der Waals surface area (Å²) in [6.07, 6.45) is -0.0324. The van der Waals surface area contributed by atoms with Gasteiger partial charge in [-0.25, -0.2) is 12.8 Å². The molecule has 0 bridgehead atoms. The van der Waals surface area contributed by atoms with Crippen molar-refractivity contribution in [2.75, 3.05) is 6.54 Å². The van der Waals surface area contributed by atoms with Crippen molar-refractivity contribution in [1.29, 1.82) is 0 Å². The van der Waals surface area contributed by atoms with Crippen LogP contribution in [0.1, 0.15) is 25.3 Å². The molecule has 1 fully saturated rings. The van der Waals surface area contributed by atoms with Gasteiger partial charge in [0.15, 0.2) is 0 Å². The number of sulfonamides is 1. The van der Waals surface area contributed by atoms with Gasteiger partial charge in [0.25, 0.3) is 0 Å². The molecule has 0 saturated carbocycles. The summed E-state index contributed by atoms with van der Waals surface area (Å²) < 4.78 is 45.3. The number of hydrogen-bond acceptors (Lipinski definition) is 5. The topological polar surface area (TPSA) is 104 Å². The lowest BCUT2D eigenvalue weighted by Gasteiger charge is -2.39. The molecular weight excluding hydrogens is 401 g/mol. The van der Waals surface area contributed by atoms with Crippen LogP contribution in [-0.4, -0.2) is 47.1 Å². The third kappa shape index (κ3) is 4.92. The maximum absolute atomic E-state index is 12.9. The molecule has 1 saturated heterocycles. The van der Waals surface area contributed by atoms with Crippen LogP contribution in [0.2, 0.25) is 0 Å². The van der Waals surface area contributed by atoms with Crippen molar-refractivity contribution in [2.45, 2.75) is 42.9 Å². The lowest BCUT2D eigenvalue weighted by Crippen LogP contribution is -2.54. The molecule has 1 heterocycles. The smallest absolute Gasteiger partial charge is 0.322 e. The normalized spacial score (nSPS) is 22.9. The molecule has 1 aliphatic rings. The van der Waals surface area contributed by atoms with Crippen molar-refractivity contribution in [2.24, 2.45) is 0 Å². The van der Waals surface area contributed by atoms with Gasteiger partial charge >= 0.3 is 5.97 Å². The molecule has 0 aliphatic carbocycles. The molecule has 2 N–H and O–H groups in total. The van der Waals surface area contributed by atoms with Gasteiger partial charge in [-0.2, -0.15) is 4.31 Å². The van der Waals surface area contributed by atoms with Crippen LogP contribution in [0.5, 0.6) is 5.75 Å². The summed E-state index contributed by atoms with van der Waals surface area (Å²) in [5, 5.41) is 19.6. The van der Waals surface area contributed by atoms with Crippen molar-refractivity contribution < 1.29 is 32.6 Å². The van der Waals surface area contributed by atoms with E-state index in [1.807, 2.05) is 0 Å². The first kappa shape index (κ1) is 21.2. The number of benzene rings is 2. The van der Waals surface area contributed by atoms with E-state index in [1.54, 1.807) is 12.1 Å². The maximum atomic E-state index is 12.9. The zero-order chi connectivity index (χ0) is 21.2. The maximum Gasteiger partial charge on any atom is 0.322 e. The molecule has 2 atom stereocenters. The number of carboxylic acids is 1. The molecule has 0 aromatic heterocycles. The molecule has 0 amide bonds. The summed E-state index contributed by atoms with van der Waals surface area (Å²) in [6, 6.07) is 10.1. The highest BCUT2D eigenvalue weighted by Gasteiger charge is 2.44. The molecule has 7 nitrogen and oxygen atoms in total. The number of aliphatic hydroxyl groups is 1. The van der Waals surface area contributed by atoms with Gasteiger partial charge in [-0.15, -0.1) is 0 Å². The van der Waals surface area contributed by atoms with Gasteiger partial charge in [0.05, 0.1) is 10.5 Å². The van der Waals surface area contributed by atoms with Crippen LogP contribution in [0, 0.1) is 5.82 Å². The van der Waals surface area contributed by atoms with E-state index in [-0.39, 0.29) is 36.7 Å². The molecule has 9 heteroatoms. The monoisotopic (exact) mass is 423 g/mol. The van der Waals surface area contributed by atoms with Crippen molar-refractivity contribution >= 4 is 16.0 Å². The van der Waals surface area contributed by atoms with Crippen LogP contribution in [0.3, 0.4) is 0 Å². The SMILES string of the molecule is CC1(O)CCN(S(=O)(=O)c2ccc(OCc3ccc(F)cc3)cc2)C(C(=O)O)C1. The van der Waals surface area contributed by atoms with Crippen molar-refractivity contribution in [3.8, 4) is 5.75 Å². The zero-order valence-corrected chi connectivity index (χ0v) is 16.6. The minimum Gasteiger partial charge on any atom is -0.489 e. The van der Waals surface area contributed by atoms with E-state index in [0.29, 0.717) is 5.75 Å². The fourth-order valence-electron chi connectivity index (χ4n) is 3.22. The van der Waals surface area contributed by atoms with Gasteiger partial charge in [-0.1, -0.05) is 12.1 Å². The third-order valence-electron chi connectivity index (χ3n) is 4.89. The van der Waals surface area contributed by atoms with Crippen LogP contribution < -0.4 is 4.74 Å². The van der Waals surface area contributed by atoms with Gasteiger partial charge < -0.3 is 14.9 Å². The summed E-state index contributed by atoms with van der Waals surface area (Å²) in [7, 11) is -4.05. The van der Waals surface area contributed by atoms with Crippen molar-refractivity contribution in [3.63, 3.8) is 0 Å². The summed E-state index contributed by atoms with van der Waals surface area (Å²) in [4.78, 5) is 11.5. The van der Waals surface area contributed by atoms with E-state index in [2.05, 4.69) is 0 Å². The Bertz CT molecular complexity index is 973. The van der Waals surface area contributed by atoms with Crippen LogP contribution in [0.4, 0.5) is 4.39 Å². The zero-order valence-electron chi connectivity index (χ0n) is 15.8. The van der Waals surface area contributed by atoms with Gasteiger partial charge in [0.2, 0.25) is 10.0 Å². The van der Waals surface area contributed by atoms with E-state index in [4.69, 9.17) is 4.74 Å². The van der Waals surface area contributed by atoms with E-state index >= 15 is 0 Å². The number of piperidine rings is 1. The number of carbonyl (C=O) groups is 1. The van der Waals surface area contributed by atoms with Gasteiger partial charge in [0, 0.05) is 13.0 Å². The predicted molar refractivity (Wildman–Crippen MR) is 102 cm³/mol. The van der Waals surface area contributed by atoms with E-state index in [0.717, 1.165) is 9.87 Å². The van der Waals surface area contributed by atoms with E-state index < -0.39 is 27.6 Å². The molecule has 29 heavy (non-hydrogen) atoms. The Labute approximate surface area is 168 Å². The van der Waals surface area contributed by atoms with E-state index in [9.17, 15) is 27.8 Å². The quantitative estimate of drug-likeness (QED) is 0.739. The second-order valence-corrected chi connectivity index (χ2v) is 9.20. The fourth-order valence-corrected chi connectivity index (χ4v) is 4.80. The standard InChI is InChI=1S/C20H22FNO6S/c1-20(25)10-11-22(18(12-20)19(23)24)29(26,27)17-8-6-16(7-9-17)28-13-14-2-4-15(21)5-3-14/h2-9,18,25H,10-13H2,1H3,(H,23,24). The van der Waals surface area contributed by atoms with Crippen LogP contribution in [0.15, 0.2) is 53.4 Å². The number of ether oxygens (including phenoxy) is 1. The summed E-state index contributed by atoms with van der Waals surface area (Å²) >= 11 is 0. The largest absolute Gasteiger partial charge is 0.489 e. The molecular formula is C20H22FNO6S. The molecule has 0 spiro atoms. The summed E-state index contributed by atoms with van der Waals surface area (Å²) in [5.74, 6) is -1.22. The van der Waals surface area contributed by atoms with Crippen molar-refractivity contribution in [1.82, 2.24) is 4.31 Å². The highest BCUT2D eigenvalue weighted by Crippen LogP contribution is 2.31. The highest BCUT2D eigenvalue weighted by atomic mass is 32.2.